The van der Waals surface area contributed by atoms with Gasteiger partial charge in [0.2, 0.25) is 11.8 Å². The van der Waals surface area contributed by atoms with Gasteiger partial charge >= 0.3 is 0 Å². The van der Waals surface area contributed by atoms with Crippen molar-refractivity contribution in [3.05, 3.63) is 24.3 Å². The highest BCUT2D eigenvalue weighted by molar-refractivity contribution is 6.13. The van der Waals surface area contributed by atoms with Crippen molar-refractivity contribution in [3.63, 3.8) is 0 Å². The van der Waals surface area contributed by atoms with Crippen LogP contribution in [0.5, 0.6) is 0 Å². The normalized spacial score (nSPS) is 18.9. The van der Waals surface area contributed by atoms with Crippen LogP contribution in [0.1, 0.15) is 45.4 Å². The monoisotopic (exact) mass is 629 g/mol. The minimum atomic E-state index is -0.911. The molecule has 2 fully saturated rings. The minimum absolute atomic E-state index is 0.0145. The maximum atomic E-state index is 11.9. The van der Waals surface area contributed by atoms with Gasteiger partial charge < -0.3 is 40.0 Å². The fraction of sp³-hybridized carbons (Fsp3) is 0.733. The van der Waals surface area contributed by atoms with Gasteiger partial charge in [0.05, 0.1) is 64.1 Å². The van der Waals surface area contributed by atoms with Crippen LogP contribution in [0.25, 0.3) is 0 Å². The highest BCUT2D eigenvalue weighted by atomic mass is 16.5. The first-order valence-corrected chi connectivity index (χ1v) is 14.8. The molecule has 0 aromatic heterocycles. The average Bonchev–Trinajstić information content (AvgIpc) is 3.38. The van der Waals surface area contributed by atoms with Crippen molar-refractivity contribution in [1.29, 1.82) is 0 Å². The largest absolute Gasteiger partial charge is 0.392 e. The third kappa shape index (κ3) is 13.2. The predicted octanol–water partition coefficient (Wildman–Crippen LogP) is -0.463. The number of nitrogens with zero attached hydrogens (tertiary/aromatic N) is 2. The fourth-order valence-corrected chi connectivity index (χ4v) is 4.41. The summed E-state index contributed by atoms with van der Waals surface area (Å²) in [5.74, 6) is -1.62. The SMILES string of the molecule is C=C1CC(=O)N(CC(O)CCOCC(CC)(COC)COCCC(O)CN2C(=O)CC(=C)C2=O)C1=O.COCCC(O)CN. The van der Waals surface area contributed by atoms with Gasteiger partial charge in [-0.2, -0.15) is 0 Å². The van der Waals surface area contributed by atoms with E-state index in [1.165, 1.54) is 0 Å². The van der Waals surface area contributed by atoms with E-state index in [0.29, 0.717) is 45.8 Å². The Bertz CT molecular complexity index is 912. The molecule has 2 saturated heterocycles. The number of carbonyl (C=O) groups is 4. The molecule has 0 saturated carbocycles. The Balaban J connectivity index is 0.00000106. The molecule has 0 aliphatic carbocycles. The Morgan fingerprint density at radius 2 is 1.18 bits per heavy atom. The van der Waals surface area contributed by atoms with Crippen LogP contribution in [-0.4, -0.2) is 141 Å². The molecule has 0 aromatic rings. The molecule has 2 aliphatic heterocycles. The van der Waals surface area contributed by atoms with Gasteiger partial charge in [0.25, 0.3) is 11.8 Å². The molecule has 4 amide bonds. The van der Waals surface area contributed by atoms with E-state index in [2.05, 4.69) is 13.2 Å². The highest BCUT2D eigenvalue weighted by Gasteiger charge is 2.35. The Labute approximate surface area is 259 Å². The number of β-amino-alcohol motifs (C(OH)–C–C–N with tert-alkyl or cyclic N) is 2. The maximum absolute atomic E-state index is 11.9. The van der Waals surface area contributed by atoms with Crippen LogP contribution < -0.4 is 5.73 Å². The Kier molecular flexibility index (Phi) is 18.4. The number of hydrogen-bond acceptors (Lipinski definition) is 12. The predicted molar refractivity (Wildman–Crippen MR) is 160 cm³/mol. The molecular formula is C30H51N3O11. The summed E-state index contributed by atoms with van der Waals surface area (Å²) in [4.78, 5) is 49.5. The number of aliphatic hydroxyl groups excluding tert-OH is 3. The molecule has 5 N–H and O–H groups in total. The highest BCUT2D eigenvalue weighted by Crippen LogP contribution is 2.25. The van der Waals surface area contributed by atoms with Crippen LogP contribution >= 0.6 is 0 Å². The Hall–Kier alpha value is -2.56. The molecule has 3 atom stereocenters. The number of nitrogens with two attached hydrogens (primary N) is 1. The van der Waals surface area contributed by atoms with Crippen molar-refractivity contribution >= 4 is 23.6 Å². The van der Waals surface area contributed by atoms with Gasteiger partial charge in [0, 0.05) is 57.1 Å². The number of likely N-dealkylation sites (tertiary alicyclic amines) is 2. The van der Waals surface area contributed by atoms with E-state index in [1.54, 1.807) is 14.2 Å². The molecule has 0 radical (unpaired) electrons. The Morgan fingerprint density at radius 1 is 0.750 bits per heavy atom. The minimum Gasteiger partial charge on any atom is -0.392 e. The molecule has 2 rings (SSSR count). The molecule has 14 nitrogen and oxygen atoms in total. The molecule has 0 bridgehead atoms. The van der Waals surface area contributed by atoms with Crippen LogP contribution in [0.3, 0.4) is 0 Å². The molecule has 2 heterocycles. The van der Waals surface area contributed by atoms with E-state index >= 15 is 0 Å². The second kappa shape index (κ2) is 20.5. The lowest BCUT2D eigenvalue weighted by Crippen LogP contribution is -2.39. The Morgan fingerprint density at radius 3 is 1.50 bits per heavy atom. The maximum Gasteiger partial charge on any atom is 0.256 e. The van der Waals surface area contributed by atoms with E-state index in [9.17, 15) is 29.4 Å². The molecule has 3 unspecified atom stereocenters. The summed E-state index contributed by atoms with van der Waals surface area (Å²) in [5, 5.41) is 29.2. The molecule has 0 aromatic carbocycles. The molecule has 44 heavy (non-hydrogen) atoms. The van der Waals surface area contributed by atoms with Gasteiger partial charge in [-0.15, -0.1) is 0 Å². The van der Waals surface area contributed by atoms with Crippen LogP contribution in [0.4, 0.5) is 0 Å². The van der Waals surface area contributed by atoms with E-state index in [4.69, 9.17) is 29.8 Å². The van der Waals surface area contributed by atoms with Crippen molar-refractivity contribution in [1.82, 2.24) is 9.80 Å². The van der Waals surface area contributed by atoms with Crippen molar-refractivity contribution in [3.8, 4) is 0 Å². The number of methoxy groups -OCH3 is 2. The number of ether oxygens (including phenoxy) is 4. The number of carbonyl (C=O) groups excluding carboxylic acids is 4. The van der Waals surface area contributed by atoms with E-state index in [-0.39, 0.29) is 74.9 Å². The quantitative estimate of drug-likeness (QED) is 0.0725. The standard InChI is InChI=1S/C25H38N2O9.C5H13NO2/c1-5-25(14-34-4,15-35-8-6-19(28)12-26-21(30)10-17(2)23(26)32)16-36-9-7-20(29)13-27-22(31)11-18(3)24(27)33;1-8-3-2-5(7)4-6/h19-20,28-29H,2-3,5-16H2,1,4H3;5,7H,2-4,6H2,1H3. The van der Waals surface area contributed by atoms with E-state index in [1.807, 2.05) is 6.92 Å². The first-order valence-electron chi connectivity index (χ1n) is 14.8. The van der Waals surface area contributed by atoms with Crippen LogP contribution in [0.15, 0.2) is 24.3 Å². The molecule has 2 aliphatic rings. The van der Waals surface area contributed by atoms with Crippen molar-refractivity contribution in [2.24, 2.45) is 11.1 Å². The van der Waals surface area contributed by atoms with Gasteiger partial charge in [-0.1, -0.05) is 20.1 Å². The van der Waals surface area contributed by atoms with Gasteiger partial charge in [-0.25, -0.2) is 0 Å². The first kappa shape index (κ1) is 39.5. The number of rotatable bonds is 21. The van der Waals surface area contributed by atoms with Crippen molar-refractivity contribution in [2.75, 3.05) is 73.5 Å². The lowest BCUT2D eigenvalue weighted by molar-refractivity contribution is -0.140. The zero-order valence-electron chi connectivity index (χ0n) is 26.3. The topological polar surface area (TPSA) is 198 Å². The summed E-state index contributed by atoms with van der Waals surface area (Å²) < 4.78 is 21.6. The van der Waals surface area contributed by atoms with Crippen molar-refractivity contribution < 1.29 is 53.4 Å². The van der Waals surface area contributed by atoms with Gasteiger partial charge in [-0.3, -0.25) is 29.0 Å². The van der Waals surface area contributed by atoms with Gasteiger partial charge in [0.15, 0.2) is 0 Å². The summed E-state index contributed by atoms with van der Waals surface area (Å²) >= 11 is 0. The van der Waals surface area contributed by atoms with Gasteiger partial charge in [-0.05, 0) is 25.7 Å². The lowest BCUT2D eigenvalue weighted by atomic mass is 9.88. The number of amides is 4. The first-order chi connectivity index (χ1) is 20.8. The summed E-state index contributed by atoms with van der Waals surface area (Å²) in [7, 11) is 3.18. The van der Waals surface area contributed by atoms with Crippen LogP contribution in [0.2, 0.25) is 0 Å². The van der Waals surface area contributed by atoms with E-state index < -0.39 is 35.5 Å². The molecule has 0 spiro atoms. The smallest absolute Gasteiger partial charge is 0.256 e. The molecule has 14 heteroatoms. The average molecular weight is 630 g/mol. The summed E-state index contributed by atoms with van der Waals surface area (Å²) in [6.07, 6.45) is -0.448. The second-order valence-corrected chi connectivity index (χ2v) is 11.1. The zero-order chi connectivity index (χ0) is 33.3. The second-order valence-electron chi connectivity index (χ2n) is 11.1. The van der Waals surface area contributed by atoms with Crippen LogP contribution in [-0.2, 0) is 38.1 Å². The third-order valence-electron chi connectivity index (χ3n) is 7.35. The number of imide groups is 2. The third-order valence-corrected chi connectivity index (χ3v) is 7.35. The summed E-state index contributed by atoms with van der Waals surface area (Å²) in [6, 6.07) is 0. The van der Waals surface area contributed by atoms with E-state index in [0.717, 1.165) is 9.80 Å². The summed E-state index contributed by atoms with van der Waals surface area (Å²) in [6.45, 7) is 11.2. The van der Waals surface area contributed by atoms with Gasteiger partial charge in [0.1, 0.15) is 0 Å². The molecular weight excluding hydrogens is 578 g/mol. The lowest BCUT2D eigenvalue weighted by Gasteiger charge is -2.32. The molecule has 252 valence electrons. The zero-order valence-corrected chi connectivity index (χ0v) is 26.3. The number of hydrogen-bond donors (Lipinski definition) is 4. The van der Waals surface area contributed by atoms with Crippen LogP contribution in [0, 0.1) is 5.41 Å². The fourth-order valence-electron chi connectivity index (χ4n) is 4.41. The van der Waals surface area contributed by atoms with Crippen molar-refractivity contribution in [2.45, 2.75) is 63.8 Å². The number of aliphatic hydroxyl groups is 3. The summed E-state index contributed by atoms with van der Waals surface area (Å²) in [5.41, 5.74) is 5.11.